The van der Waals surface area contributed by atoms with Crippen LogP contribution in [0.5, 0.6) is 5.75 Å². The van der Waals surface area contributed by atoms with Gasteiger partial charge in [0.1, 0.15) is 5.75 Å². The predicted molar refractivity (Wildman–Crippen MR) is 52.9 cm³/mol. The van der Waals surface area contributed by atoms with Crippen LogP contribution in [0, 0.1) is 6.92 Å². The molecule has 0 bridgehead atoms. The molecule has 0 amide bonds. The van der Waals surface area contributed by atoms with Crippen molar-refractivity contribution in [1.82, 2.24) is 0 Å². The fourth-order valence-electron chi connectivity index (χ4n) is 1.14. The average molecular weight is 253 g/mol. The molecular weight excluding hydrogens is 245 g/mol. The van der Waals surface area contributed by atoms with Crippen LogP contribution in [0.15, 0.2) is 12.1 Å². The molecule has 0 spiro atoms. The van der Waals surface area contributed by atoms with Gasteiger partial charge in [0, 0.05) is 5.02 Å². The summed E-state index contributed by atoms with van der Waals surface area (Å²) >= 11 is 5.71. The maximum absolute atomic E-state index is 12.1. The van der Waals surface area contributed by atoms with Crippen LogP contribution in [0.1, 0.15) is 22.8 Å². The van der Waals surface area contributed by atoms with E-state index < -0.39 is 17.9 Å². The first-order chi connectivity index (χ1) is 7.20. The molecule has 0 aromatic heterocycles. The molecule has 0 aliphatic carbocycles. The fraction of sp³-hybridized carbons (Fsp3) is 0.300. The Morgan fingerprint density at radius 3 is 2.38 bits per heavy atom. The third-order valence-electron chi connectivity index (χ3n) is 1.87. The van der Waals surface area contributed by atoms with Gasteiger partial charge in [0.25, 0.3) is 0 Å². The van der Waals surface area contributed by atoms with Gasteiger partial charge in [-0.25, -0.2) is 0 Å². The van der Waals surface area contributed by atoms with Crippen molar-refractivity contribution in [2.24, 2.45) is 0 Å². The van der Waals surface area contributed by atoms with E-state index in [2.05, 4.69) is 4.74 Å². The van der Waals surface area contributed by atoms with Crippen LogP contribution in [0.25, 0.3) is 0 Å². The maximum atomic E-state index is 12.1. The van der Waals surface area contributed by atoms with E-state index in [4.69, 9.17) is 11.6 Å². The second-order valence-corrected chi connectivity index (χ2v) is 3.61. The normalized spacial score (nSPS) is 11.4. The minimum Gasteiger partial charge on any atom is -0.405 e. The first kappa shape index (κ1) is 12.8. The Morgan fingerprint density at radius 2 is 1.94 bits per heavy atom. The number of rotatable bonds is 2. The third kappa shape index (κ3) is 3.13. The first-order valence-electron chi connectivity index (χ1n) is 4.27. The van der Waals surface area contributed by atoms with Gasteiger partial charge in [-0.15, -0.1) is 13.2 Å². The smallest absolute Gasteiger partial charge is 0.405 e. The lowest BCUT2D eigenvalue weighted by molar-refractivity contribution is -0.274. The van der Waals surface area contributed by atoms with Crippen molar-refractivity contribution in [3.8, 4) is 5.75 Å². The summed E-state index contributed by atoms with van der Waals surface area (Å²) in [5, 5.41) is 0.222. The molecule has 0 saturated carbocycles. The van der Waals surface area contributed by atoms with Crippen LogP contribution < -0.4 is 4.74 Å². The highest BCUT2D eigenvalue weighted by molar-refractivity contribution is 6.31. The number of benzene rings is 1. The van der Waals surface area contributed by atoms with Crippen LogP contribution in [0.2, 0.25) is 5.02 Å². The van der Waals surface area contributed by atoms with E-state index in [1.165, 1.54) is 13.0 Å². The lowest BCUT2D eigenvalue weighted by Crippen LogP contribution is -2.19. The number of carbonyl (C=O) groups excluding carboxylic acids is 1. The zero-order valence-electron chi connectivity index (χ0n) is 8.48. The fourth-order valence-corrected chi connectivity index (χ4v) is 1.30. The number of ketones is 1. The quantitative estimate of drug-likeness (QED) is 0.750. The molecular formula is C10H8ClF3O2. The number of alkyl halides is 3. The van der Waals surface area contributed by atoms with Crippen LogP contribution in [0.4, 0.5) is 13.2 Å². The lowest BCUT2D eigenvalue weighted by atomic mass is 10.1. The third-order valence-corrected chi connectivity index (χ3v) is 2.27. The molecule has 0 aliphatic rings. The van der Waals surface area contributed by atoms with Gasteiger partial charge in [-0.3, -0.25) is 4.79 Å². The highest BCUT2D eigenvalue weighted by atomic mass is 35.5. The van der Waals surface area contributed by atoms with Crippen LogP contribution in [-0.4, -0.2) is 12.1 Å². The summed E-state index contributed by atoms with van der Waals surface area (Å²) in [4.78, 5) is 11.1. The van der Waals surface area contributed by atoms with Gasteiger partial charge in [0.15, 0.2) is 5.78 Å². The van der Waals surface area contributed by atoms with Gasteiger partial charge in [-0.05, 0) is 31.5 Å². The highest BCUT2D eigenvalue weighted by Gasteiger charge is 2.32. The van der Waals surface area contributed by atoms with Crippen LogP contribution in [0.3, 0.4) is 0 Å². The maximum Gasteiger partial charge on any atom is 0.573 e. The summed E-state index contributed by atoms with van der Waals surface area (Å²) in [6, 6.07) is 2.26. The summed E-state index contributed by atoms with van der Waals surface area (Å²) < 4.78 is 39.9. The van der Waals surface area contributed by atoms with Gasteiger partial charge >= 0.3 is 6.36 Å². The number of carbonyl (C=O) groups is 1. The van der Waals surface area contributed by atoms with E-state index in [0.717, 1.165) is 13.0 Å². The van der Waals surface area contributed by atoms with Gasteiger partial charge < -0.3 is 4.74 Å². The number of hydrogen-bond donors (Lipinski definition) is 0. The monoisotopic (exact) mass is 252 g/mol. The minimum absolute atomic E-state index is 0.187. The van der Waals surface area contributed by atoms with Crippen molar-refractivity contribution in [3.05, 3.63) is 28.3 Å². The van der Waals surface area contributed by atoms with E-state index in [1.807, 2.05) is 0 Å². The van der Waals surface area contributed by atoms with E-state index in [0.29, 0.717) is 5.56 Å². The van der Waals surface area contributed by atoms with Gasteiger partial charge in [-0.2, -0.15) is 0 Å². The van der Waals surface area contributed by atoms with Gasteiger partial charge in [0.2, 0.25) is 0 Å². The van der Waals surface area contributed by atoms with Gasteiger partial charge in [0.05, 0.1) is 5.56 Å². The Labute approximate surface area is 95.0 Å². The summed E-state index contributed by atoms with van der Waals surface area (Å²) in [7, 11) is 0. The lowest BCUT2D eigenvalue weighted by Gasteiger charge is -2.13. The number of hydrogen-bond acceptors (Lipinski definition) is 2. The van der Waals surface area contributed by atoms with Crippen molar-refractivity contribution in [2.75, 3.05) is 0 Å². The summed E-state index contributed by atoms with van der Waals surface area (Å²) in [6.45, 7) is 2.67. The van der Waals surface area contributed by atoms with E-state index in [-0.39, 0.29) is 10.6 Å². The van der Waals surface area contributed by atoms with Crippen molar-refractivity contribution in [1.29, 1.82) is 0 Å². The van der Waals surface area contributed by atoms with Crippen LogP contribution >= 0.6 is 11.6 Å². The summed E-state index contributed by atoms with van der Waals surface area (Å²) in [5.74, 6) is -1.07. The SMILES string of the molecule is CC(=O)c1cc(Cl)c(C)cc1OC(F)(F)F. The van der Waals surface area contributed by atoms with Crippen LogP contribution in [-0.2, 0) is 0 Å². The molecule has 0 radical (unpaired) electrons. The Hall–Kier alpha value is -1.23. The molecule has 0 N–H and O–H groups in total. The largest absolute Gasteiger partial charge is 0.573 e. The number of halogens is 4. The molecule has 0 saturated heterocycles. The highest BCUT2D eigenvalue weighted by Crippen LogP contribution is 2.31. The van der Waals surface area contributed by atoms with Gasteiger partial charge in [-0.1, -0.05) is 11.6 Å². The van der Waals surface area contributed by atoms with E-state index in [1.54, 1.807) is 0 Å². The van der Waals surface area contributed by atoms with Crippen molar-refractivity contribution >= 4 is 17.4 Å². The molecule has 0 fully saturated rings. The molecule has 0 atom stereocenters. The molecule has 6 heteroatoms. The Morgan fingerprint density at radius 1 is 1.38 bits per heavy atom. The molecule has 0 aliphatic heterocycles. The molecule has 1 rings (SSSR count). The summed E-state index contributed by atoms with van der Waals surface area (Å²) in [6.07, 6.45) is -4.83. The van der Waals surface area contributed by atoms with Crippen molar-refractivity contribution < 1.29 is 22.7 Å². The number of aryl methyl sites for hydroxylation is 1. The first-order valence-corrected chi connectivity index (χ1v) is 4.65. The van der Waals surface area contributed by atoms with Crippen molar-refractivity contribution in [3.63, 3.8) is 0 Å². The average Bonchev–Trinajstić information content (AvgIpc) is 2.07. The molecule has 1 aromatic carbocycles. The Balaban J connectivity index is 3.25. The Bertz CT molecular complexity index is 427. The Kier molecular flexibility index (Phi) is 3.48. The van der Waals surface area contributed by atoms with Crippen molar-refractivity contribution in [2.45, 2.75) is 20.2 Å². The van der Waals surface area contributed by atoms with E-state index in [9.17, 15) is 18.0 Å². The summed E-state index contributed by atoms with van der Waals surface area (Å²) in [5.41, 5.74) is 0.221. The van der Waals surface area contributed by atoms with E-state index >= 15 is 0 Å². The number of ether oxygens (including phenoxy) is 1. The molecule has 0 heterocycles. The number of Topliss-reactive ketones (excluding diaryl/α,β-unsaturated/α-hetero) is 1. The molecule has 1 aromatic rings. The molecule has 2 nitrogen and oxygen atoms in total. The zero-order chi connectivity index (χ0) is 12.5. The molecule has 16 heavy (non-hydrogen) atoms. The minimum atomic E-state index is -4.83. The molecule has 0 unspecified atom stereocenters. The topological polar surface area (TPSA) is 26.3 Å². The standard InChI is InChI=1S/C10H8ClF3O2/c1-5-3-9(16-10(12,13)14)7(6(2)15)4-8(5)11/h3-4H,1-2H3. The second-order valence-electron chi connectivity index (χ2n) is 3.20. The second kappa shape index (κ2) is 4.33. The predicted octanol–water partition coefficient (Wildman–Crippen LogP) is 3.75. The molecule has 88 valence electrons. The zero-order valence-corrected chi connectivity index (χ0v) is 9.24.